The van der Waals surface area contributed by atoms with Crippen molar-refractivity contribution < 1.29 is 23.0 Å². The van der Waals surface area contributed by atoms with Crippen LogP contribution in [0, 0.1) is 17.6 Å². The molecule has 2 rings (SSSR count). The number of hydrogen-bond acceptors (Lipinski definition) is 3. The quantitative estimate of drug-likeness (QED) is 0.780. The zero-order chi connectivity index (χ0) is 13.1. The third-order valence-corrected chi connectivity index (χ3v) is 3.09. The van der Waals surface area contributed by atoms with E-state index in [9.17, 15) is 13.6 Å². The average molecular weight is 256 g/mol. The maximum Gasteiger partial charge on any atom is 0.172 e. The Morgan fingerprint density at radius 1 is 1.28 bits per heavy atom. The molecule has 0 amide bonds. The molecule has 1 aliphatic rings. The largest absolute Gasteiger partial charge is 0.497 e. The second kappa shape index (κ2) is 5.44. The van der Waals surface area contributed by atoms with E-state index in [4.69, 9.17) is 9.47 Å². The molecule has 98 valence electrons. The van der Waals surface area contributed by atoms with Gasteiger partial charge in [0, 0.05) is 31.3 Å². The minimum Gasteiger partial charge on any atom is -0.497 e. The molecule has 0 aromatic heterocycles. The van der Waals surface area contributed by atoms with Gasteiger partial charge in [-0.25, -0.2) is 8.78 Å². The van der Waals surface area contributed by atoms with Crippen molar-refractivity contribution in [1.82, 2.24) is 0 Å². The van der Waals surface area contributed by atoms with E-state index in [1.54, 1.807) is 0 Å². The predicted octanol–water partition coefficient (Wildman–Crippen LogP) is 2.58. The molecule has 0 bridgehead atoms. The van der Waals surface area contributed by atoms with Gasteiger partial charge in [0.15, 0.2) is 5.78 Å². The number of methoxy groups -OCH3 is 1. The van der Waals surface area contributed by atoms with Gasteiger partial charge in [-0.2, -0.15) is 0 Å². The number of hydrogen-bond donors (Lipinski definition) is 0. The van der Waals surface area contributed by atoms with E-state index in [2.05, 4.69) is 0 Å². The van der Waals surface area contributed by atoms with Gasteiger partial charge in [0.05, 0.1) is 12.7 Å². The van der Waals surface area contributed by atoms with Gasteiger partial charge in [0.1, 0.15) is 17.4 Å². The number of ether oxygens (including phenoxy) is 2. The molecule has 0 aliphatic carbocycles. The third kappa shape index (κ3) is 2.51. The highest BCUT2D eigenvalue weighted by Gasteiger charge is 2.28. The lowest BCUT2D eigenvalue weighted by Crippen LogP contribution is -2.25. The van der Waals surface area contributed by atoms with Gasteiger partial charge >= 0.3 is 0 Å². The molecule has 0 unspecified atom stereocenters. The monoisotopic (exact) mass is 256 g/mol. The van der Waals surface area contributed by atoms with Crippen LogP contribution in [0.4, 0.5) is 8.78 Å². The van der Waals surface area contributed by atoms with E-state index in [0.29, 0.717) is 26.1 Å². The number of Topliss-reactive ketones (excluding diaryl/α,β-unsaturated/α-hetero) is 1. The van der Waals surface area contributed by atoms with Crippen LogP contribution in [0.3, 0.4) is 0 Å². The van der Waals surface area contributed by atoms with Crippen LogP contribution in [-0.4, -0.2) is 26.1 Å². The average Bonchev–Trinajstić information content (AvgIpc) is 2.38. The Morgan fingerprint density at radius 2 is 1.83 bits per heavy atom. The summed E-state index contributed by atoms with van der Waals surface area (Å²) >= 11 is 0. The zero-order valence-electron chi connectivity index (χ0n) is 10.0. The summed E-state index contributed by atoms with van der Waals surface area (Å²) in [4.78, 5) is 12.1. The first kappa shape index (κ1) is 13.0. The summed E-state index contributed by atoms with van der Waals surface area (Å²) < 4.78 is 37.3. The Labute approximate surface area is 104 Å². The summed E-state index contributed by atoms with van der Waals surface area (Å²) in [5, 5.41) is 0. The van der Waals surface area contributed by atoms with E-state index in [1.807, 2.05) is 0 Å². The highest BCUT2D eigenvalue weighted by Crippen LogP contribution is 2.26. The molecule has 1 fully saturated rings. The number of halogens is 2. The normalized spacial score (nSPS) is 16.6. The van der Waals surface area contributed by atoms with Gasteiger partial charge in [0.25, 0.3) is 0 Å². The molecule has 1 saturated heterocycles. The molecule has 3 nitrogen and oxygen atoms in total. The van der Waals surface area contributed by atoms with E-state index in [-0.39, 0.29) is 11.7 Å². The van der Waals surface area contributed by atoms with Crippen LogP contribution in [0.25, 0.3) is 0 Å². The third-order valence-electron chi connectivity index (χ3n) is 3.09. The van der Waals surface area contributed by atoms with Crippen molar-refractivity contribution in [2.45, 2.75) is 12.8 Å². The molecule has 1 aliphatic heterocycles. The number of rotatable bonds is 3. The smallest absolute Gasteiger partial charge is 0.172 e. The van der Waals surface area contributed by atoms with Gasteiger partial charge in [-0.1, -0.05) is 0 Å². The number of benzene rings is 1. The maximum absolute atomic E-state index is 13.7. The highest BCUT2D eigenvalue weighted by molar-refractivity contribution is 5.98. The van der Waals surface area contributed by atoms with Crippen molar-refractivity contribution in [3.8, 4) is 5.75 Å². The maximum atomic E-state index is 13.7. The summed E-state index contributed by atoms with van der Waals surface area (Å²) in [6, 6.07) is 2.05. The summed E-state index contributed by atoms with van der Waals surface area (Å²) in [5.41, 5.74) is -0.470. The number of carbonyl (C=O) groups is 1. The van der Waals surface area contributed by atoms with Gasteiger partial charge in [-0.3, -0.25) is 4.79 Å². The molecular formula is C13H14F2O3. The molecule has 0 N–H and O–H groups in total. The Balaban J connectivity index is 2.29. The fraction of sp³-hybridized carbons (Fsp3) is 0.462. The van der Waals surface area contributed by atoms with Gasteiger partial charge < -0.3 is 9.47 Å². The SMILES string of the molecule is COc1cc(F)c(C(=O)C2CCOCC2)c(F)c1. The minimum absolute atomic E-state index is 0.0635. The lowest BCUT2D eigenvalue weighted by molar-refractivity contribution is 0.0539. The van der Waals surface area contributed by atoms with Crippen LogP contribution in [0.15, 0.2) is 12.1 Å². The molecule has 0 spiro atoms. The van der Waals surface area contributed by atoms with Crippen LogP contribution in [0.2, 0.25) is 0 Å². The molecule has 0 saturated carbocycles. The van der Waals surface area contributed by atoms with E-state index < -0.39 is 23.0 Å². The van der Waals surface area contributed by atoms with Crippen LogP contribution in [-0.2, 0) is 4.74 Å². The fourth-order valence-electron chi connectivity index (χ4n) is 2.07. The second-order valence-corrected chi connectivity index (χ2v) is 4.22. The predicted molar refractivity (Wildman–Crippen MR) is 60.8 cm³/mol. The molecule has 5 heteroatoms. The first-order chi connectivity index (χ1) is 8.63. The molecule has 0 atom stereocenters. The van der Waals surface area contributed by atoms with Gasteiger partial charge in [-0.05, 0) is 12.8 Å². The van der Waals surface area contributed by atoms with Crippen molar-refractivity contribution >= 4 is 5.78 Å². The first-order valence-corrected chi connectivity index (χ1v) is 5.78. The Kier molecular flexibility index (Phi) is 3.91. The summed E-state index contributed by atoms with van der Waals surface area (Å²) in [7, 11) is 1.31. The number of ketones is 1. The Bertz CT molecular complexity index is 431. The second-order valence-electron chi connectivity index (χ2n) is 4.22. The Hall–Kier alpha value is -1.49. The summed E-state index contributed by atoms with van der Waals surface area (Å²) in [5.74, 6) is -2.53. The zero-order valence-corrected chi connectivity index (χ0v) is 10.0. The van der Waals surface area contributed by atoms with Crippen molar-refractivity contribution in [2.75, 3.05) is 20.3 Å². The van der Waals surface area contributed by atoms with Gasteiger partial charge in [0.2, 0.25) is 0 Å². The lowest BCUT2D eigenvalue weighted by Gasteiger charge is -2.21. The van der Waals surface area contributed by atoms with E-state index in [1.165, 1.54) is 7.11 Å². The fourth-order valence-corrected chi connectivity index (χ4v) is 2.07. The topological polar surface area (TPSA) is 35.5 Å². The lowest BCUT2D eigenvalue weighted by atomic mass is 9.90. The van der Waals surface area contributed by atoms with Crippen LogP contribution >= 0.6 is 0 Å². The van der Waals surface area contributed by atoms with Crippen LogP contribution in [0.5, 0.6) is 5.75 Å². The molecule has 1 heterocycles. The molecule has 18 heavy (non-hydrogen) atoms. The van der Waals surface area contributed by atoms with Gasteiger partial charge in [-0.15, -0.1) is 0 Å². The Morgan fingerprint density at radius 3 is 2.33 bits per heavy atom. The van der Waals surface area contributed by atoms with Crippen LogP contribution < -0.4 is 4.74 Å². The standard InChI is InChI=1S/C13H14F2O3/c1-17-9-6-10(14)12(11(15)7-9)13(16)8-2-4-18-5-3-8/h6-8H,2-5H2,1H3. The van der Waals surface area contributed by atoms with Crippen molar-refractivity contribution in [2.24, 2.45) is 5.92 Å². The van der Waals surface area contributed by atoms with E-state index >= 15 is 0 Å². The van der Waals surface area contributed by atoms with Crippen LogP contribution in [0.1, 0.15) is 23.2 Å². The molecule has 1 aromatic carbocycles. The van der Waals surface area contributed by atoms with Crippen molar-refractivity contribution in [1.29, 1.82) is 0 Å². The molecular weight excluding hydrogens is 242 g/mol. The van der Waals surface area contributed by atoms with E-state index in [0.717, 1.165) is 12.1 Å². The minimum atomic E-state index is -0.872. The molecule has 0 radical (unpaired) electrons. The summed E-state index contributed by atoms with van der Waals surface area (Å²) in [6.45, 7) is 0.908. The summed E-state index contributed by atoms with van der Waals surface area (Å²) in [6.07, 6.45) is 1.01. The number of carbonyl (C=O) groups excluding carboxylic acids is 1. The van der Waals surface area contributed by atoms with Crippen molar-refractivity contribution in [3.05, 3.63) is 29.3 Å². The highest BCUT2D eigenvalue weighted by atomic mass is 19.1. The van der Waals surface area contributed by atoms with Crippen molar-refractivity contribution in [3.63, 3.8) is 0 Å². The molecule has 1 aromatic rings. The first-order valence-electron chi connectivity index (χ1n) is 5.78.